The van der Waals surface area contributed by atoms with Crippen molar-refractivity contribution in [2.75, 3.05) is 24.7 Å². The van der Waals surface area contributed by atoms with Crippen molar-refractivity contribution >= 4 is 46.8 Å². The number of likely N-dealkylation sites (tertiary alicyclic amines) is 1. The van der Waals surface area contributed by atoms with Gasteiger partial charge in [0, 0.05) is 11.8 Å². The normalized spacial score (nSPS) is 33.9. The van der Waals surface area contributed by atoms with Gasteiger partial charge in [-0.3, -0.25) is 14.4 Å². The van der Waals surface area contributed by atoms with Crippen molar-refractivity contribution in [2.45, 2.75) is 55.2 Å². The predicted molar refractivity (Wildman–Crippen MR) is 144 cm³/mol. The highest BCUT2D eigenvalue weighted by Gasteiger charge is 2.72. The quantitative estimate of drug-likeness (QED) is 0.448. The Morgan fingerprint density at radius 2 is 2.00 bits per heavy atom. The molecule has 4 aliphatic heterocycles. The van der Waals surface area contributed by atoms with Crippen LogP contribution in [0, 0.1) is 17.8 Å². The fraction of sp³-hybridized carbons (Fsp3) is 0.536. The zero-order chi connectivity index (χ0) is 26.3. The van der Waals surface area contributed by atoms with Crippen LogP contribution in [-0.4, -0.2) is 69.6 Å². The SMILES string of the molecule is CC[C@H](C)[C@H](CO)N1C(=O)[C@@H]2[C@@H]3C(=O)OCCC/C=C\[C@@H]3S[C@@]23C=CCN(c2ccccc2Cl)C(=O)C13. The number of halogens is 1. The number of amides is 2. The average molecular weight is 545 g/mol. The van der Waals surface area contributed by atoms with Gasteiger partial charge < -0.3 is 19.6 Å². The molecule has 0 bridgehead atoms. The van der Waals surface area contributed by atoms with Crippen molar-refractivity contribution < 1.29 is 24.2 Å². The third-order valence-electron chi connectivity index (χ3n) is 8.28. The number of cyclic esters (lactones) is 1. The van der Waals surface area contributed by atoms with Crippen molar-refractivity contribution in [2.24, 2.45) is 17.8 Å². The van der Waals surface area contributed by atoms with Gasteiger partial charge in [0.1, 0.15) is 6.04 Å². The van der Waals surface area contributed by atoms with Gasteiger partial charge in [0.05, 0.1) is 46.5 Å². The lowest BCUT2D eigenvalue weighted by Crippen LogP contribution is -2.58. The maximum absolute atomic E-state index is 14.5. The first-order valence-corrected chi connectivity index (χ1v) is 14.3. The molecule has 1 N–H and O–H groups in total. The number of rotatable bonds is 5. The monoisotopic (exact) mass is 544 g/mol. The topological polar surface area (TPSA) is 87.2 Å². The van der Waals surface area contributed by atoms with Crippen LogP contribution >= 0.6 is 23.4 Å². The van der Waals surface area contributed by atoms with Crippen LogP contribution in [0.15, 0.2) is 48.6 Å². The van der Waals surface area contributed by atoms with E-state index in [1.165, 1.54) is 11.8 Å². The molecular formula is C28H33ClN2O5S. The molecule has 4 aliphatic rings. The first-order valence-electron chi connectivity index (χ1n) is 13.0. The van der Waals surface area contributed by atoms with E-state index in [1.807, 2.05) is 44.2 Å². The van der Waals surface area contributed by atoms with Crippen molar-refractivity contribution in [1.82, 2.24) is 4.90 Å². The lowest BCUT2D eigenvalue weighted by Gasteiger charge is -2.40. The number of ether oxygens (including phenoxy) is 1. The number of aliphatic hydroxyl groups excluding tert-OH is 1. The Morgan fingerprint density at radius 1 is 1.22 bits per heavy atom. The van der Waals surface area contributed by atoms with Crippen LogP contribution in [0.1, 0.15) is 33.1 Å². The molecule has 1 spiro atoms. The number of anilines is 1. The number of hydrogen-bond acceptors (Lipinski definition) is 6. The Labute approximate surface area is 226 Å². The van der Waals surface area contributed by atoms with Crippen LogP contribution in [0.3, 0.4) is 0 Å². The Kier molecular flexibility index (Phi) is 7.44. The zero-order valence-electron chi connectivity index (χ0n) is 21.1. The van der Waals surface area contributed by atoms with Crippen LogP contribution < -0.4 is 4.90 Å². The summed E-state index contributed by atoms with van der Waals surface area (Å²) in [7, 11) is 0. The molecule has 0 aromatic heterocycles. The molecule has 1 aromatic rings. The summed E-state index contributed by atoms with van der Waals surface area (Å²) < 4.78 is 4.65. The van der Waals surface area contributed by atoms with Crippen molar-refractivity contribution in [3.8, 4) is 0 Å². The minimum atomic E-state index is -0.969. The number of benzene rings is 1. The number of fused-ring (bicyclic) bond motifs is 2. The van der Waals surface area contributed by atoms with E-state index in [1.54, 1.807) is 21.9 Å². The Bertz CT molecular complexity index is 1140. The van der Waals surface area contributed by atoms with E-state index in [0.717, 1.165) is 19.3 Å². The summed E-state index contributed by atoms with van der Waals surface area (Å²) in [5.74, 6) is -2.45. The molecule has 7 atom stereocenters. The van der Waals surface area contributed by atoms with E-state index in [4.69, 9.17) is 16.3 Å². The van der Waals surface area contributed by atoms with Gasteiger partial charge in [-0.15, -0.1) is 11.8 Å². The summed E-state index contributed by atoms with van der Waals surface area (Å²) in [6.45, 7) is 4.30. The van der Waals surface area contributed by atoms with Crippen LogP contribution in [-0.2, 0) is 19.1 Å². The second-order valence-electron chi connectivity index (χ2n) is 10.3. The summed E-state index contributed by atoms with van der Waals surface area (Å²) in [6, 6.07) is 5.71. The van der Waals surface area contributed by atoms with Crippen LogP contribution in [0.25, 0.3) is 0 Å². The number of carbonyl (C=O) groups excluding carboxylic acids is 3. The Hall–Kier alpha value is -2.29. The van der Waals surface area contributed by atoms with Crippen LogP contribution in [0.4, 0.5) is 5.69 Å². The van der Waals surface area contributed by atoms with E-state index >= 15 is 0 Å². The van der Waals surface area contributed by atoms with Gasteiger partial charge in [-0.1, -0.05) is 68.3 Å². The Balaban J connectivity index is 1.67. The second kappa shape index (κ2) is 10.5. The molecule has 1 unspecified atom stereocenters. The average Bonchev–Trinajstić information content (AvgIpc) is 3.30. The largest absolute Gasteiger partial charge is 0.465 e. The number of carbonyl (C=O) groups is 3. The number of para-hydroxylation sites is 1. The van der Waals surface area contributed by atoms with E-state index in [9.17, 15) is 19.5 Å². The highest BCUT2D eigenvalue weighted by atomic mass is 35.5. The summed E-state index contributed by atoms with van der Waals surface area (Å²) in [4.78, 5) is 45.4. The standard InChI is InChI=1S/C28H33ClN2O5S/c1-3-17(2)20(16-32)31-24-26(34)30(19-11-7-6-10-18(19)29)14-9-13-28(24)23(25(31)33)22-21(37-28)12-5-4-8-15-36-27(22)35/h5-7,9-13,17,20-24,32H,3-4,8,14-16H2,1-2H3/b12-5-/t17-,20-,21-,22+,23-,24?,28-/m0/s1. The van der Waals surface area contributed by atoms with Crippen LogP contribution in [0.2, 0.25) is 5.02 Å². The number of aliphatic hydroxyl groups is 1. The number of thioether (sulfide) groups is 1. The van der Waals surface area contributed by atoms with Gasteiger partial charge in [-0.25, -0.2) is 0 Å². The fourth-order valence-corrected chi connectivity index (χ4v) is 8.48. The molecule has 0 radical (unpaired) electrons. The molecule has 2 amide bonds. The molecule has 1 aromatic carbocycles. The van der Waals surface area contributed by atoms with Gasteiger partial charge in [-0.2, -0.15) is 0 Å². The molecule has 9 heteroatoms. The van der Waals surface area contributed by atoms with Crippen LogP contribution in [0.5, 0.6) is 0 Å². The summed E-state index contributed by atoms with van der Waals surface area (Å²) >= 11 is 8.02. The lowest BCUT2D eigenvalue weighted by molar-refractivity contribution is -0.153. The maximum Gasteiger partial charge on any atom is 0.311 e. The molecule has 5 rings (SSSR count). The molecule has 7 nitrogen and oxygen atoms in total. The first-order chi connectivity index (χ1) is 17.9. The van der Waals surface area contributed by atoms with E-state index in [0.29, 0.717) is 23.9 Å². The molecule has 0 aliphatic carbocycles. The van der Waals surface area contributed by atoms with E-state index in [2.05, 4.69) is 6.08 Å². The van der Waals surface area contributed by atoms with Crippen molar-refractivity contribution in [3.63, 3.8) is 0 Å². The molecule has 0 saturated carbocycles. The zero-order valence-corrected chi connectivity index (χ0v) is 22.7. The summed E-state index contributed by atoms with van der Waals surface area (Å²) in [5, 5.41) is 10.6. The molecule has 37 heavy (non-hydrogen) atoms. The maximum atomic E-state index is 14.5. The lowest BCUT2D eigenvalue weighted by atomic mass is 9.78. The molecule has 2 fully saturated rings. The molecule has 2 saturated heterocycles. The van der Waals surface area contributed by atoms with E-state index in [-0.39, 0.29) is 29.6 Å². The van der Waals surface area contributed by atoms with Gasteiger partial charge in [0.2, 0.25) is 5.91 Å². The number of nitrogens with zero attached hydrogens (tertiary/aromatic N) is 2. The van der Waals surface area contributed by atoms with Gasteiger partial charge in [0.15, 0.2) is 0 Å². The number of esters is 1. The molecular weight excluding hydrogens is 512 g/mol. The summed E-state index contributed by atoms with van der Waals surface area (Å²) in [6.07, 6.45) is 10.2. The van der Waals surface area contributed by atoms with Gasteiger partial charge in [0.25, 0.3) is 5.91 Å². The second-order valence-corrected chi connectivity index (χ2v) is 12.2. The summed E-state index contributed by atoms with van der Waals surface area (Å²) in [5.41, 5.74) is 0.570. The van der Waals surface area contributed by atoms with Crippen molar-refractivity contribution in [1.29, 1.82) is 0 Å². The minimum Gasteiger partial charge on any atom is -0.465 e. The Morgan fingerprint density at radius 3 is 2.73 bits per heavy atom. The first kappa shape index (κ1) is 26.3. The van der Waals surface area contributed by atoms with Crippen molar-refractivity contribution in [3.05, 3.63) is 53.6 Å². The highest BCUT2D eigenvalue weighted by molar-refractivity contribution is 8.02. The third-order valence-corrected chi connectivity index (χ3v) is 10.3. The van der Waals surface area contributed by atoms with Gasteiger partial charge in [-0.05, 0) is 30.9 Å². The third kappa shape index (κ3) is 4.21. The highest BCUT2D eigenvalue weighted by Crippen LogP contribution is 2.61. The predicted octanol–water partition coefficient (Wildman–Crippen LogP) is 3.84. The number of hydrogen-bond donors (Lipinski definition) is 1. The number of allylic oxidation sites excluding steroid dienone is 1. The van der Waals surface area contributed by atoms with E-state index < -0.39 is 34.6 Å². The van der Waals surface area contributed by atoms with Gasteiger partial charge >= 0.3 is 5.97 Å². The molecule has 198 valence electrons. The smallest absolute Gasteiger partial charge is 0.311 e. The minimum absolute atomic E-state index is 0.0493. The molecule has 4 heterocycles. The fourth-order valence-electron chi connectivity index (χ4n) is 6.25.